The van der Waals surface area contributed by atoms with E-state index in [-0.39, 0.29) is 6.42 Å². The number of rotatable bonds is 2. The standard InChI is InChI=1S/C13H16N2O/c1-15-8-2-3-10-9-11(4-5-12(10)15)13(16)6-7-14/h4-5,9,13,16H,2-3,6,8H2,1H3. The first-order valence-electron chi connectivity index (χ1n) is 5.61. The van der Waals surface area contributed by atoms with Gasteiger partial charge in [-0.2, -0.15) is 5.26 Å². The summed E-state index contributed by atoms with van der Waals surface area (Å²) in [5.41, 5.74) is 3.39. The van der Waals surface area contributed by atoms with Crippen LogP contribution in [0.25, 0.3) is 0 Å². The molecule has 3 nitrogen and oxygen atoms in total. The molecule has 0 aromatic heterocycles. The highest BCUT2D eigenvalue weighted by atomic mass is 16.3. The highest BCUT2D eigenvalue weighted by molar-refractivity contribution is 5.56. The van der Waals surface area contributed by atoms with Gasteiger partial charge in [-0.05, 0) is 30.0 Å². The van der Waals surface area contributed by atoms with Gasteiger partial charge in [-0.15, -0.1) is 0 Å². The van der Waals surface area contributed by atoms with Gasteiger partial charge in [-0.25, -0.2) is 0 Å². The zero-order chi connectivity index (χ0) is 11.5. The normalized spacial score (nSPS) is 16.4. The summed E-state index contributed by atoms with van der Waals surface area (Å²) in [6, 6.07) is 7.99. The topological polar surface area (TPSA) is 47.3 Å². The predicted octanol–water partition coefficient (Wildman–Crippen LogP) is 2.02. The average Bonchev–Trinajstić information content (AvgIpc) is 2.29. The Bertz CT molecular complexity index is 422. The third-order valence-corrected chi connectivity index (χ3v) is 3.12. The maximum Gasteiger partial charge on any atom is 0.0920 e. The number of aryl methyl sites for hydroxylation is 1. The van der Waals surface area contributed by atoms with Crippen LogP contribution in [0.15, 0.2) is 18.2 Å². The fraction of sp³-hybridized carbons (Fsp3) is 0.462. The quantitative estimate of drug-likeness (QED) is 0.822. The number of aliphatic hydroxyl groups excluding tert-OH is 1. The van der Waals surface area contributed by atoms with Crippen LogP contribution >= 0.6 is 0 Å². The van der Waals surface area contributed by atoms with Gasteiger partial charge in [-0.1, -0.05) is 12.1 Å². The Morgan fingerprint density at radius 1 is 1.56 bits per heavy atom. The van der Waals surface area contributed by atoms with Crippen molar-refractivity contribution in [2.75, 3.05) is 18.5 Å². The van der Waals surface area contributed by atoms with E-state index in [2.05, 4.69) is 11.9 Å². The summed E-state index contributed by atoms with van der Waals surface area (Å²) in [6.45, 7) is 1.09. The van der Waals surface area contributed by atoms with Crippen molar-refractivity contribution < 1.29 is 5.11 Å². The molecule has 0 amide bonds. The first-order chi connectivity index (χ1) is 7.72. The molecule has 0 aliphatic carbocycles. The van der Waals surface area contributed by atoms with Crippen molar-refractivity contribution in [1.82, 2.24) is 0 Å². The summed E-state index contributed by atoms with van der Waals surface area (Å²) < 4.78 is 0. The van der Waals surface area contributed by atoms with Gasteiger partial charge in [0.25, 0.3) is 0 Å². The molecule has 1 unspecified atom stereocenters. The third kappa shape index (κ3) is 2.02. The molecule has 0 saturated heterocycles. The number of fused-ring (bicyclic) bond motifs is 1. The van der Waals surface area contributed by atoms with Crippen LogP contribution in [0.1, 0.15) is 30.1 Å². The number of nitriles is 1. The molecular weight excluding hydrogens is 200 g/mol. The van der Waals surface area contributed by atoms with Gasteiger partial charge in [0.15, 0.2) is 0 Å². The van der Waals surface area contributed by atoms with E-state index < -0.39 is 6.10 Å². The number of hydrogen-bond acceptors (Lipinski definition) is 3. The molecule has 16 heavy (non-hydrogen) atoms. The number of benzene rings is 1. The highest BCUT2D eigenvalue weighted by Crippen LogP contribution is 2.29. The Morgan fingerprint density at radius 2 is 2.38 bits per heavy atom. The van der Waals surface area contributed by atoms with Crippen LogP contribution in [0.5, 0.6) is 0 Å². The van der Waals surface area contributed by atoms with Crippen LogP contribution in [0.3, 0.4) is 0 Å². The highest BCUT2D eigenvalue weighted by Gasteiger charge is 2.15. The van der Waals surface area contributed by atoms with Gasteiger partial charge < -0.3 is 10.0 Å². The Kier molecular flexibility index (Phi) is 3.12. The smallest absolute Gasteiger partial charge is 0.0920 e. The van der Waals surface area contributed by atoms with Crippen LogP contribution in [0.2, 0.25) is 0 Å². The van der Waals surface area contributed by atoms with Crippen molar-refractivity contribution >= 4 is 5.69 Å². The summed E-state index contributed by atoms with van der Waals surface area (Å²) in [5.74, 6) is 0. The largest absolute Gasteiger partial charge is 0.387 e. The molecule has 0 radical (unpaired) electrons. The Hall–Kier alpha value is -1.53. The molecule has 1 aliphatic heterocycles. The molecular formula is C13H16N2O. The van der Waals surface area contributed by atoms with E-state index in [0.717, 1.165) is 24.9 Å². The molecule has 0 fully saturated rings. The Morgan fingerprint density at radius 3 is 3.12 bits per heavy atom. The maximum absolute atomic E-state index is 9.75. The zero-order valence-electron chi connectivity index (χ0n) is 9.48. The van der Waals surface area contributed by atoms with E-state index in [1.165, 1.54) is 11.3 Å². The van der Waals surface area contributed by atoms with Crippen molar-refractivity contribution in [2.45, 2.75) is 25.4 Å². The summed E-state index contributed by atoms with van der Waals surface area (Å²) in [7, 11) is 2.09. The van der Waals surface area contributed by atoms with E-state index in [1.807, 2.05) is 24.3 Å². The van der Waals surface area contributed by atoms with Gasteiger partial charge in [0.2, 0.25) is 0 Å². The van der Waals surface area contributed by atoms with Crippen LogP contribution in [-0.2, 0) is 6.42 Å². The molecule has 1 aliphatic rings. The zero-order valence-corrected chi connectivity index (χ0v) is 9.48. The molecule has 84 valence electrons. The van der Waals surface area contributed by atoms with E-state index in [1.54, 1.807) is 0 Å². The average molecular weight is 216 g/mol. The molecule has 0 saturated carbocycles. The minimum Gasteiger partial charge on any atom is -0.387 e. The lowest BCUT2D eigenvalue weighted by Crippen LogP contribution is -2.24. The second-order valence-electron chi connectivity index (χ2n) is 4.29. The molecule has 1 heterocycles. The van der Waals surface area contributed by atoms with Gasteiger partial charge >= 0.3 is 0 Å². The number of anilines is 1. The van der Waals surface area contributed by atoms with Gasteiger partial charge in [0.05, 0.1) is 18.6 Å². The first kappa shape index (κ1) is 11.0. The Balaban J connectivity index is 2.29. The van der Waals surface area contributed by atoms with Crippen molar-refractivity contribution in [3.63, 3.8) is 0 Å². The van der Waals surface area contributed by atoms with E-state index in [4.69, 9.17) is 5.26 Å². The summed E-state index contributed by atoms with van der Waals surface area (Å²) in [5, 5.41) is 18.3. The number of nitrogens with zero attached hydrogens (tertiary/aromatic N) is 2. The van der Waals surface area contributed by atoms with Crippen LogP contribution in [-0.4, -0.2) is 18.7 Å². The molecule has 1 atom stereocenters. The monoisotopic (exact) mass is 216 g/mol. The van der Waals surface area contributed by atoms with Crippen LogP contribution in [0.4, 0.5) is 5.69 Å². The second kappa shape index (κ2) is 4.54. The van der Waals surface area contributed by atoms with Gasteiger partial charge in [-0.3, -0.25) is 0 Å². The summed E-state index contributed by atoms with van der Waals surface area (Å²) >= 11 is 0. The number of aliphatic hydroxyl groups is 1. The molecule has 0 bridgehead atoms. The van der Waals surface area contributed by atoms with Crippen LogP contribution in [0, 0.1) is 11.3 Å². The lowest BCUT2D eigenvalue weighted by atomic mass is 9.97. The fourth-order valence-corrected chi connectivity index (χ4v) is 2.22. The molecule has 1 aromatic rings. The lowest BCUT2D eigenvalue weighted by Gasteiger charge is -2.28. The van der Waals surface area contributed by atoms with Crippen LogP contribution < -0.4 is 4.90 Å². The van der Waals surface area contributed by atoms with E-state index >= 15 is 0 Å². The van der Waals surface area contributed by atoms with E-state index in [0.29, 0.717) is 0 Å². The van der Waals surface area contributed by atoms with Gasteiger partial charge in [0.1, 0.15) is 0 Å². The SMILES string of the molecule is CN1CCCc2cc(C(O)CC#N)ccc21. The number of hydrogen-bond donors (Lipinski definition) is 1. The summed E-state index contributed by atoms with van der Waals surface area (Å²) in [6.07, 6.45) is 1.73. The minimum atomic E-state index is -0.650. The maximum atomic E-state index is 9.75. The van der Waals surface area contributed by atoms with E-state index in [9.17, 15) is 5.11 Å². The predicted molar refractivity (Wildman–Crippen MR) is 63.2 cm³/mol. The lowest BCUT2D eigenvalue weighted by molar-refractivity contribution is 0.183. The fourth-order valence-electron chi connectivity index (χ4n) is 2.22. The molecule has 2 rings (SSSR count). The third-order valence-electron chi connectivity index (χ3n) is 3.12. The molecule has 1 N–H and O–H groups in total. The summed E-state index contributed by atoms with van der Waals surface area (Å²) in [4.78, 5) is 2.24. The first-order valence-corrected chi connectivity index (χ1v) is 5.61. The molecule has 3 heteroatoms. The molecule has 0 spiro atoms. The second-order valence-corrected chi connectivity index (χ2v) is 4.29. The van der Waals surface area contributed by atoms with Crippen molar-refractivity contribution in [3.05, 3.63) is 29.3 Å². The Labute approximate surface area is 95.9 Å². The van der Waals surface area contributed by atoms with Gasteiger partial charge in [0, 0.05) is 19.3 Å². The van der Waals surface area contributed by atoms with Crippen molar-refractivity contribution in [2.24, 2.45) is 0 Å². The molecule has 1 aromatic carbocycles. The minimum absolute atomic E-state index is 0.161. The van der Waals surface area contributed by atoms with Crippen molar-refractivity contribution in [3.8, 4) is 6.07 Å². The van der Waals surface area contributed by atoms with Crippen molar-refractivity contribution in [1.29, 1.82) is 5.26 Å².